The first-order valence-corrected chi connectivity index (χ1v) is 24.2. The molecular formula is C47H93NO8. The maximum Gasteiger partial charge on any atom is 0.220 e. The second-order valence-electron chi connectivity index (χ2n) is 17.3. The third-order valence-electron chi connectivity index (χ3n) is 12.0. The highest BCUT2D eigenvalue weighted by atomic mass is 16.7. The van der Waals surface area contributed by atoms with Gasteiger partial charge in [-0.1, -0.05) is 219 Å². The van der Waals surface area contributed by atoms with Crippen LogP contribution < -0.4 is 5.32 Å². The number of carbonyl (C=O) groups excluding carboxylic acids is 1. The van der Waals surface area contributed by atoms with Crippen LogP contribution in [0, 0.1) is 0 Å². The van der Waals surface area contributed by atoms with Gasteiger partial charge in [0.1, 0.15) is 24.4 Å². The third-order valence-corrected chi connectivity index (χ3v) is 12.0. The van der Waals surface area contributed by atoms with Crippen molar-refractivity contribution in [2.24, 2.45) is 0 Å². The summed E-state index contributed by atoms with van der Waals surface area (Å²) >= 11 is 0. The highest BCUT2D eigenvalue weighted by molar-refractivity contribution is 5.76. The number of hydrogen-bond acceptors (Lipinski definition) is 8. The maximum absolute atomic E-state index is 13.0. The highest BCUT2D eigenvalue weighted by Crippen LogP contribution is 2.23. The third kappa shape index (κ3) is 28.6. The fraction of sp³-hybridized carbons (Fsp3) is 0.979. The molecule has 9 nitrogen and oxygen atoms in total. The van der Waals surface area contributed by atoms with E-state index in [0.717, 1.165) is 38.5 Å². The van der Waals surface area contributed by atoms with Gasteiger partial charge in [0.2, 0.25) is 5.91 Å². The van der Waals surface area contributed by atoms with E-state index in [1.807, 2.05) is 0 Å². The van der Waals surface area contributed by atoms with Crippen molar-refractivity contribution in [2.75, 3.05) is 13.2 Å². The van der Waals surface area contributed by atoms with Crippen molar-refractivity contribution in [3.05, 3.63) is 0 Å². The fourth-order valence-electron chi connectivity index (χ4n) is 8.04. The second-order valence-corrected chi connectivity index (χ2v) is 17.3. The van der Waals surface area contributed by atoms with Crippen LogP contribution >= 0.6 is 0 Å². The molecule has 1 heterocycles. The Bertz CT molecular complexity index is 847. The number of unbranched alkanes of at least 4 members (excludes halogenated alkanes) is 31. The van der Waals surface area contributed by atoms with Gasteiger partial charge in [-0.15, -0.1) is 0 Å². The van der Waals surface area contributed by atoms with Gasteiger partial charge in [0.15, 0.2) is 6.29 Å². The van der Waals surface area contributed by atoms with Crippen LogP contribution in [0.15, 0.2) is 0 Å². The van der Waals surface area contributed by atoms with Gasteiger partial charge in [-0.25, -0.2) is 0 Å². The topological polar surface area (TPSA) is 149 Å². The van der Waals surface area contributed by atoms with Crippen LogP contribution in [-0.2, 0) is 14.3 Å². The Morgan fingerprint density at radius 3 is 1.27 bits per heavy atom. The van der Waals surface area contributed by atoms with Gasteiger partial charge in [0, 0.05) is 6.42 Å². The van der Waals surface area contributed by atoms with E-state index in [2.05, 4.69) is 19.2 Å². The van der Waals surface area contributed by atoms with E-state index in [0.29, 0.717) is 12.8 Å². The van der Waals surface area contributed by atoms with Gasteiger partial charge in [0.05, 0.1) is 25.4 Å². The molecule has 1 rings (SSSR count). The van der Waals surface area contributed by atoms with Gasteiger partial charge >= 0.3 is 0 Å². The number of rotatable bonds is 41. The Balaban J connectivity index is 2.27. The van der Waals surface area contributed by atoms with Crippen LogP contribution in [0.1, 0.15) is 239 Å². The lowest BCUT2D eigenvalue weighted by Gasteiger charge is -2.40. The lowest BCUT2D eigenvalue weighted by molar-refractivity contribution is -0.302. The van der Waals surface area contributed by atoms with E-state index in [1.165, 1.54) is 173 Å². The van der Waals surface area contributed by atoms with Gasteiger partial charge < -0.3 is 40.3 Å². The largest absolute Gasteiger partial charge is 0.394 e. The zero-order chi connectivity index (χ0) is 40.9. The number of hydrogen-bond donors (Lipinski definition) is 6. The minimum absolute atomic E-state index is 0.132. The summed E-state index contributed by atoms with van der Waals surface area (Å²) in [5.41, 5.74) is 0. The van der Waals surface area contributed by atoms with Crippen LogP contribution in [0.5, 0.6) is 0 Å². The molecule has 1 aliphatic heterocycles. The van der Waals surface area contributed by atoms with Gasteiger partial charge in [-0.3, -0.25) is 4.79 Å². The van der Waals surface area contributed by atoms with Crippen molar-refractivity contribution in [1.29, 1.82) is 0 Å². The molecule has 0 aromatic carbocycles. The monoisotopic (exact) mass is 800 g/mol. The average Bonchev–Trinajstić information content (AvgIpc) is 3.20. The predicted molar refractivity (Wildman–Crippen MR) is 231 cm³/mol. The van der Waals surface area contributed by atoms with Crippen LogP contribution in [0.3, 0.4) is 0 Å². The Labute approximate surface area is 344 Å². The minimum atomic E-state index is -1.55. The second kappa shape index (κ2) is 38.4. The number of amides is 1. The maximum atomic E-state index is 13.0. The fourth-order valence-corrected chi connectivity index (χ4v) is 8.04. The summed E-state index contributed by atoms with van der Waals surface area (Å²) in [5.74, 6) is -0.139. The molecule has 0 aliphatic carbocycles. The SMILES string of the molecule is CCCCCCCCCCCCCCCCCCCCCC(=O)N[C@@H](CO[C@H]1O[C@@H](CO)[C@H](O)C(O)C1O)[C@H](O)CCCCCCCCCCCCCCCC. The Morgan fingerprint density at radius 1 is 0.536 bits per heavy atom. The first kappa shape index (κ1) is 53.2. The quantitative estimate of drug-likeness (QED) is 0.0335. The number of nitrogens with one attached hydrogen (secondary N) is 1. The molecule has 0 aromatic rings. The van der Waals surface area contributed by atoms with Gasteiger partial charge in [-0.05, 0) is 12.8 Å². The van der Waals surface area contributed by atoms with Crippen LogP contribution in [-0.4, -0.2) is 87.5 Å². The van der Waals surface area contributed by atoms with Crippen molar-refractivity contribution in [3.63, 3.8) is 0 Å². The lowest BCUT2D eigenvalue weighted by atomic mass is 9.99. The van der Waals surface area contributed by atoms with Crippen LogP contribution in [0.25, 0.3) is 0 Å². The Kier molecular flexibility index (Phi) is 36.5. The molecular weight excluding hydrogens is 707 g/mol. The number of aliphatic hydroxyl groups excluding tert-OH is 5. The van der Waals surface area contributed by atoms with Crippen LogP contribution in [0.4, 0.5) is 0 Å². The van der Waals surface area contributed by atoms with Crippen molar-refractivity contribution in [2.45, 2.75) is 281 Å². The Hall–Kier alpha value is -0.810. The zero-order valence-corrected chi connectivity index (χ0v) is 36.7. The molecule has 56 heavy (non-hydrogen) atoms. The molecule has 0 aromatic heterocycles. The standard InChI is InChI=1S/C47H93NO8/c1-3-5-7-9-11-13-15-17-19-20-21-22-23-25-27-29-31-33-35-37-43(51)48-40(39-55-47-46(54)45(53)44(52)42(38-49)56-47)41(50)36-34-32-30-28-26-24-18-16-14-12-10-8-6-4-2/h40-42,44-47,49-50,52-54H,3-39H2,1-2H3,(H,48,51)/t40-,41+,42-,44-,45?,46?,47-/m0/s1. The summed E-state index contributed by atoms with van der Waals surface area (Å²) in [4.78, 5) is 13.0. The molecule has 7 atom stereocenters. The average molecular weight is 800 g/mol. The normalized spacial score (nSPS) is 21.0. The molecule has 1 amide bonds. The van der Waals surface area contributed by atoms with Crippen molar-refractivity contribution in [1.82, 2.24) is 5.32 Å². The summed E-state index contributed by atoms with van der Waals surface area (Å²) in [6.45, 7) is 3.85. The molecule has 0 saturated carbocycles. The molecule has 1 fully saturated rings. The lowest BCUT2D eigenvalue weighted by Crippen LogP contribution is -2.60. The number of ether oxygens (including phenoxy) is 2. The first-order chi connectivity index (χ1) is 27.3. The first-order valence-electron chi connectivity index (χ1n) is 24.2. The molecule has 9 heteroatoms. The van der Waals surface area contributed by atoms with E-state index in [4.69, 9.17) is 9.47 Å². The molecule has 0 spiro atoms. The van der Waals surface area contributed by atoms with E-state index < -0.39 is 49.5 Å². The van der Waals surface area contributed by atoms with Crippen LogP contribution in [0.2, 0.25) is 0 Å². The molecule has 0 radical (unpaired) electrons. The summed E-state index contributed by atoms with van der Waals surface area (Å²) in [5, 5.41) is 54.4. The van der Waals surface area contributed by atoms with Gasteiger partial charge in [-0.2, -0.15) is 0 Å². The summed E-state index contributed by atoms with van der Waals surface area (Å²) < 4.78 is 11.3. The molecule has 6 N–H and O–H groups in total. The Morgan fingerprint density at radius 2 is 0.893 bits per heavy atom. The molecule has 1 saturated heterocycles. The number of carbonyl (C=O) groups is 1. The van der Waals surface area contributed by atoms with E-state index >= 15 is 0 Å². The number of aliphatic hydroxyl groups is 5. The highest BCUT2D eigenvalue weighted by Gasteiger charge is 2.44. The smallest absolute Gasteiger partial charge is 0.220 e. The van der Waals surface area contributed by atoms with Crippen molar-refractivity contribution < 1.29 is 39.8 Å². The molecule has 1 aliphatic rings. The minimum Gasteiger partial charge on any atom is -0.394 e. The van der Waals surface area contributed by atoms with Gasteiger partial charge in [0.25, 0.3) is 0 Å². The molecule has 334 valence electrons. The summed E-state index contributed by atoms with van der Waals surface area (Å²) in [7, 11) is 0. The zero-order valence-electron chi connectivity index (χ0n) is 36.7. The molecule has 0 bridgehead atoms. The van der Waals surface area contributed by atoms with E-state index in [1.54, 1.807) is 0 Å². The van der Waals surface area contributed by atoms with Crippen molar-refractivity contribution in [3.8, 4) is 0 Å². The predicted octanol–water partition coefficient (Wildman–Crippen LogP) is 10.3. The molecule has 2 unspecified atom stereocenters. The summed E-state index contributed by atoms with van der Waals surface area (Å²) in [6, 6.07) is -0.711. The van der Waals surface area contributed by atoms with E-state index in [-0.39, 0.29) is 12.5 Å². The van der Waals surface area contributed by atoms with Crippen molar-refractivity contribution >= 4 is 5.91 Å². The summed E-state index contributed by atoms with van der Waals surface area (Å²) in [6.07, 6.45) is 35.4. The van der Waals surface area contributed by atoms with E-state index in [9.17, 15) is 30.3 Å².